The molecule has 1 aliphatic rings. The second kappa shape index (κ2) is 7.47. The smallest absolute Gasteiger partial charge is 0.123 e. The lowest BCUT2D eigenvalue weighted by Gasteiger charge is -2.34. The summed E-state index contributed by atoms with van der Waals surface area (Å²) in [6.07, 6.45) is 6.46. The van der Waals surface area contributed by atoms with E-state index in [0.29, 0.717) is 6.04 Å². The van der Waals surface area contributed by atoms with E-state index in [9.17, 15) is 5.26 Å². The van der Waals surface area contributed by atoms with Gasteiger partial charge in [-0.3, -0.25) is 4.90 Å². The van der Waals surface area contributed by atoms with Gasteiger partial charge in [0.15, 0.2) is 0 Å². The van der Waals surface area contributed by atoms with Crippen LogP contribution < -0.4 is 4.74 Å². The van der Waals surface area contributed by atoms with Crippen molar-refractivity contribution in [1.29, 1.82) is 5.26 Å². The largest absolute Gasteiger partial charge is 0.491 e. The summed E-state index contributed by atoms with van der Waals surface area (Å²) in [4.78, 5) is 2.24. The second-order valence-electron chi connectivity index (χ2n) is 6.23. The molecule has 1 aliphatic carbocycles. The molecule has 0 heterocycles. The first-order chi connectivity index (χ1) is 10.1. The predicted molar refractivity (Wildman–Crippen MR) is 85.2 cm³/mol. The van der Waals surface area contributed by atoms with Crippen molar-refractivity contribution in [3.63, 3.8) is 0 Å². The summed E-state index contributed by atoms with van der Waals surface area (Å²) in [5.74, 6) is 0.847. The van der Waals surface area contributed by atoms with Crippen LogP contribution in [0.3, 0.4) is 0 Å². The molecule has 1 fully saturated rings. The molecular weight excluding hydrogens is 260 g/mol. The lowest BCUT2D eigenvalue weighted by Crippen LogP contribution is -2.36. The Labute approximate surface area is 128 Å². The zero-order chi connectivity index (χ0) is 15.2. The number of benzene rings is 1. The van der Waals surface area contributed by atoms with Crippen molar-refractivity contribution in [2.24, 2.45) is 0 Å². The average Bonchev–Trinajstić information content (AvgIpc) is 2.48. The Morgan fingerprint density at radius 3 is 2.57 bits per heavy atom. The molecule has 0 saturated heterocycles. The van der Waals surface area contributed by atoms with Crippen molar-refractivity contribution in [1.82, 2.24) is 4.90 Å². The van der Waals surface area contributed by atoms with E-state index in [1.165, 1.54) is 32.1 Å². The predicted octanol–water partition coefficient (Wildman–Crippen LogP) is 4.30. The van der Waals surface area contributed by atoms with Crippen LogP contribution in [0.4, 0.5) is 0 Å². The van der Waals surface area contributed by atoms with E-state index in [1.807, 2.05) is 38.1 Å². The Bertz CT molecular complexity index is 486. The summed E-state index contributed by atoms with van der Waals surface area (Å²) < 4.78 is 5.75. The quantitative estimate of drug-likeness (QED) is 0.809. The molecule has 1 unspecified atom stereocenters. The third-order valence-electron chi connectivity index (χ3n) is 4.23. The van der Waals surface area contributed by atoms with Crippen molar-refractivity contribution in [2.45, 2.75) is 64.1 Å². The highest BCUT2D eigenvalue weighted by atomic mass is 16.5. The summed E-state index contributed by atoms with van der Waals surface area (Å²) in [5, 5.41) is 9.62. The zero-order valence-electron chi connectivity index (χ0n) is 13.4. The van der Waals surface area contributed by atoms with Gasteiger partial charge in [-0.2, -0.15) is 5.26 Å². The number of ether oxygens (including phenoxy) is 1. The molecular formula is C18H26N2O. The summed E-state index contributed by atoms with van der Waals surface area (Å²) >= 11 is 0. The molecule has 0 bridgehead atoms. The van der Waals surface area contributed by atoms with Crippen molar-refractivity contribution in [3.8, 4) is 11.8 Å². The van der Waals surface area contributed by atoms with E-state index in [1.54, 1.807) is 0 Å². The van der Waals surface area contributed by atoms with E-state index in [-0.39, 0.29) is 12.1 Å². The molecule has 0 N–H and O–H groups in total. The van der Waals surface area contributed by atoms with Crippen LogP contribution in [0.2, 0.25) is 0 Å². The molecule has 3 heteroatoms. The molecule has 0 aliphatic heterocycles. The molecule has 1 saturated carbocycles. The molecule has 3 nitrogen and oxygen atoms in total. The van der Waals surface area contributed by atoms with E-state index < -0.39 is 0 Å². The van der Waals surface area contributed by atoms with Gasteiger partial charge < -0.3 is 4.74 Å². The molecule has 1 atom stereocenters. The normalized spacial score (nSPS) is 17.7. The Balaban J connectivity index is 2.14. The van der Waals surface area contributed by atoms with Crippen LogP contribution in [0.15, 0.2) is 24.3 Å². The number of rotatable bonds is 5. The van der Waals surface area contributed by atoms with Gasteiger partial charge in [-0.25, -0.2) is 0 Å². The van der Waals surface area contributed by atoms with Gasteiger partial charge in [-0.05, 0) is 51.4 Å². The lowest BCUT2D eigenvalue weighted by atomic mass is 9.92. The number of nitriles is 1. The maximum atomic E-state index is 9.62. The minimum atomic E-state index is -0.191. The van der Waals surface area contributed by atoms with Gasteiger partial charge in [-0.15, -0.1) is 0 Å². The average molecular weight is 286 g/mol. The number of nitrogens with zero attached hydrogens (tertiary/aromatic N) is 2. The lowest BCUT2D eigenvalue weighted by molar-refractivity contribution is 0.164. The van der Waals surface area contributed by atoms with Gasteiger partial charge in [0.05, 0.1) is 12.2 Å². The topological polar surface area (TPSA) is 36.3 Å². The Morgan fingerprint density at radius 2 is 1.95 bits per heavy atom. The van der Waals surface area contributed by atoms with Crippen LogP contribution in [0, 0.1) is 11.3 Å². The molecule has 0 radical (unpaired) electrons. The van der Waals surface area contributed by atoms with Crippen LogP contribution in [0.1, 0.15) is 57.6 Å². The van der Waals surface area contributed by atoms with Crippen molar-refractivity contribution < 1.29 is 4.74 Å². The molecule has 0 aromatic heterocycles. The van der Waals surface area contributed by atoms with Crippen LogP contribution in [-0.2, 0) is 0 Å². The van der Waals surface area contributed by atoms with E-state index >= 15 is 0 Å². The standard InChI is InChI=1S/C18H26N2O/c1-14(2)21-17-11-7-8-15(12-17)18(13-19)20(3)16-9-5-4-6-10-16/h7-8,11-12,14,16,18H,4-6,9-10H2,1-3H3. The molecule has 114 valence electrons. The fourth-order valence-corrected chi connectivity index (χ4v) is 3.13. The summed E-state index contributed by atoms with van der Waals surface area (Å²) in [6.45, 7) is 4.03. The van der Waals surface area contributed by atoms with Crippen LogP contribution in [-0.4, -0.2) is 24.1 Å². The Morgan fingerprint density at radius 1 is 1.24 bits per heavy atom. The second-order valence-corrected chi connectivity index (χ2v) is 6.23. The number of hydrogen-bond acceptors (Lipinski definition) is 3. The molecule has 0 amide bonds. The third kappa shape index (κ3) is 4.22. The maximum Gasteiger partial charge on any atom is 0.123 e. The van der Waals surface area contributed by atoms with E-state index in [4.69, 9.17) is 4.74 Å². The van der Waals surface area contributed by atoms with Crippen molar-refractivity contribution in [3.05, 3.63) is 29.8 Å². The molecule has 0 spiro atoms. The van der Waals surface area contributed by atoms with E-state index in [0.717, 1.165) is 11.3 Å². The van der Waals surface area contributed by atoms with Gasteiger partial charge in [0.25, 0.3) is 0 Å². The SMILES string of the molecule is CC(C)Oc1cccc(C(C#N)N(C)C2CCCCC2)c1. The van der Waals surface area contributed by atoms with Crippen LogP contribution in [0.25, 0.3) is 0 Å². The first-order valence-corrected chi connectivity index (χ1v) is 8.00. The fourth-order valence-electron chi connectivity index (χ4n) is 3.13. The van der Waals surface area contributed by atoms with Crippen molar-refractivity contribution >= 4 is 0 Å². The first-order valence-electron chi connectivity index (χ1n) is 8.00. The molecule has 1 aromatic rings. The highest BCUT2D eigenvalue weighted by Crippen LogP contribution is 2.30. The minimum Gasteiger partial charge on any atom is -0.491 e. The van der Waals surface area contributed by atoms with Gasteiger partial charge >= 0.3 is 0 Å². The van der Waals surface area contributed by atoms with E-state index in [2.05, 4.69) is 18.0 Å². The van der Waals surface area contributed by atoms with Gasteiger partial charge in [0.2, 0.25) is 0 Å². The molecule has 2 rings (SSSR count). The fraction of sp³-hybridized carbons (Fsp3) is 0.611. The monoisotopic (exact) mass is 286 g/mol. The van der Waals surface area contributed by atoms with Gasteiger partial charge in [0, 0.05) is 6.04 Å². The highest BCUT2D eigenvalue weighted by Gasteiger charge is 2.25. The van der Waals surface area contributed by atoms with Crippen LogP contribution >= 0.6 is 0 Å². The molecule has 21 heavy (non-hydrogen) atoms. The van der Waals surface area contributed by atoms with Crippen LogP contribution in [0.5, 0.6) is 5.75 Å². The zero-order valence-corrected chi connectivity index (χ0v) is 13.4. The summed E-state index contributed by atoms with van der Waals surface area (Å²) in [7, 11) is 2.08. The Hall–Kier alpha value is -1.53. The highest BCUT2D eigenvalue weighted by molar-refractivity contribution is 5.33. The van der Waals surface area contributed by atoms with Gasteiger partial charge in [-0.1, -0.05) is 31.4 Å². The summed E-state index contributed by atoms with van der Waals surface area (Å²) in [5.41, 5.74) is 1.03. The minimum absolute atomic E-state index is 0.150. The molecule has 1 aromatic carbocycles. The number of hydrogen-bond donors (Lipinski definition) is 0. The van der Waals surface area contributed by atoms with Crippen molar-refractivity contribution in [2.75, 3.05) is 7.05 Å². The first kappa shape index (κ1) is 15.9. The Kier molecular flexibility index (Phi) is 5.64. The third-order valence-corrected chi connectivity index (χ3v) is 4.23. The maximum absolute atomic E-state index is 9.62. The summed E-state index contributed by atoms with van der Waals surface area (Å²) in [6, 6.07) is 10.8. The van der Waals surface area contributed by atoms with Gasteiger partial charge in [0.1, 0.15) is 11.8 Å².